The number of aliphatic carboxylic acids is 1. The van der Waals surface area contributed by atoms with Crippen LogP contribution in [0.3, 0.4) is 0 Å². The fourth-order valence-electron chi connectivity index (χ4n) is 2.49. The number of carbonyl (C=O) groups is 2. The summed E-state index contributed by atoms with van der Waals surface area (Å²) in [5, 5.41) is 11.5. The number of carboxylic acids is 1. The highest BCUT2D eigenvalue weighted by atomic mass is 16.4. The summed E-state index contributed by atoms with van der Waals surface area (Å²) in [6.45, 7) is 8.12. The third-order valence-corrected chi connectivity index (χ3v) is 4.24. The van der Waals surface area contributed by atoms with E-state index in [4.69, 9.17) is 5.11 Å². The molecule has 0 spiro atoms. The third-order valence-electron chi connectivity index (χ3n) is 4.24. The zero-order valence-electron chi connectivity index (χ0n) is 17.5. The largest absolute Gasteiger partial charge is 0.481 e. The van der Waals surface area contributed by atoms with Gasteiger partial charge in [0.25, 0.3) is 5.91 Å². The van der Waals surface area contributed by atoms with Crippen LogP contribution in [0, 0.1) is 5.92 Å². The van der Waals surface area contributed by atoms with Crippen molar-refractivity contribution >= 4 is 11.9 Å². The zero-order chi connectivity index (χ0) is 20.9. The van der Waals surface area contributed by atoms with Crippen molar-refractivity contribution in [2.45, 2.75) is 53.4 Å². The summed E-state index contributed by atoms with van der Waals surface area (Å²) in [5.74, 6) is -1.78. The van der Waals surface area contributed by atoms with Crippen molar-refractivity contribution < 1.29 is 14.7 Å². The van der Waals surface area contributed by atoms with Crippen molar-refractivity contribution in [3.05, 3.63) is 59.7 Å². The predicted octanol–water partition coefficient (Wildman–Crippen LogP) is 5.56. The van der Waals surface area contributed by atoms with Crippen LogP contribution in [-0.4, -0.2) is 23.5 Å². The average molecular weight is 384 g/mol. The molecule has 0 radical (unpaired) electrons. The molecular formula is C24H33NO3. The van der Waals surface area contributed by atoms with Gasteiger partial charge in [-0.05, 0) is 41.7 Å². The molecule has 2 aromatic rings. The molecule has 0 heterocycles. The molecule has 0 bridgehead atoms. The van der Waals surface area contributed by atoms with Gasteiger partial charge in [-0.25, -0.2) is 0 Å². The molecule has 0 saturated carbocycles. The molecule has 0 aliphatic heterocycles. The minimum Gasteiger partial charge on any atom is -0.481 e. The number of hydrogen-bond acceptors (Lipinski definition) is 2. The Morgan fingerprint density at radius 3 is 1.89 bits per heavy atom. The lowest BCUT2D eigenvalue weighted by atomic mass is 10.0. The van der Waals surface area contributed by atoms with E-state index in [2.05, 4.69) is 50.4 Å². The van der Waals surface area contributed by atoms with Gasteiger partial charge in [0.05, 0.1) is 5.92 Å². The Labute approximate surface area is 169 Å². The van der Waals surface area contributed by atoms with E-state index in [1.807, 2.05) is 12.1 Å². The Hall–Kier alpha value is -2.62. The van der Waals surface area contributed by atoms with Crippen LogP contribution < -0.4 is 5.32 Å². The molecule has 2 N–H and O–H groups in total. The van der Waals surface area contributed by atoms with Crippen LogP contribution in [0.4, 0.5) is 0 Å². The zero-order valence-corrected chi connectivity index (χ0v) is 17.5. The topological polar surface area (TPSA) is 66.4 Å². The first-order valence-corrected chi connectivity index (χ1v) is 10.1. The van der Waals surface area contributed by atoms with Crippen molar-refractivity contribution in [3.8, 4) is 11.1 Å². The lowest BCUT2D eigenvalue weighted by Crippen LogP contribution is -2.31. The molecule has 0 aliphatic carbocycles. The Morgan fingerprint density at radius 1 is 0.929 bits per heavy atom. The third kappa shape index (κ3) is 7.95. The second-order valence-electron chi connectivity index (χ2n) is 7.03. The van der Waals surface area contributed by atoms with E-state index in [1.165, 1.54) is 24.8 Å². The van der Waals surface area contributed by atoms with Gasteiger partial charge in [0.2, 0.25) is 0 Å². The highest BCUT2D eigenvalue weighted by Crippen LogP contribution is 2.21. The number of benzene rings is 2. The first-order valence-electron chi connectivity index (χ1n) is 10.1. The molecule has 28 heavy (non-hydrogen) atoms. The summed E-state index contributed by atoms with van der Waals surface area (Å²) in [5.41, 5.74) is 4.04. The highest BCUT2D eigenvalue weighted by Gasteiger charge is 2.13. The lowest BCUT2D eigenvalue weighted by molar-refractivity contribution is -0.140. The molecule has 4 nitrogen and oxygen atoms in total. The molecule has 1 amide bonds. The second-order valence-corrected chi connectivity index (χ2v) is 7.03. The van der Waals surface area contributed by atoms with Crippen LogP contribution in [0.1, 0.15) is 62.9 Å². The summed E-state index contributed by atoms with van der Waals surface area (Å²) < 4.78 is 0. The summed E-state index contributed by atoms with van der Waals surface area (Å²) in [6, 6.07) is 15.9. The number of carbonyl (C=O) groups excluding carboxylic acids is 1. The van der Waals surface area contributed by atoms with Gasteiger partial charge in [0, 0.05) is 12.1 Å². The van der Waals surface area contributed by atoms with Gasteiger partial charge in [-0.3, -0.25) is 9.59 Å². The molecule has 0 saturated heterocycles. The number of carboxylic acid groups (broad SMARTS) is 1. The molecule has 2 rings (SSSR count). The van der Waals surface area contributed by atoms with Crippen LogP contribution in [0.5, 0.6) is 0 Å². The molecule has 1 atom stereocenters. The Morgan fingerprint density at radius 2 is 1.43 bits per heavy atom. The SMILES string of the molecule is CCC.CCCCc1ccc(-c2ccc(C(=O)NCC(C)C(=O)O)cc2)cc1. The highest BCUT2D eigenvalue weighted by molar-refractivity contribution is 5.94. The quantitative estimate of drug-likeness (QED) is 0.627. The van der Waals surface area contributed by atoms with Crippen molar-refractivity contribution in [3.63, 3.8) is 0 Å². The molecule has 152 valence electrons. The van der Waals surface area contributed by atoms with E-state index >= 15 is 0 Å². The second kappa shape index (κ2) is 12.7. The van der Waals surface area contributed by atoms with E-state index in [0.29, 0.717) is 5.56 Å². The van der Waals surface area contributed by atoms with E-state index in [1.54, 1.807) is 19.1 Å². The minimum absolute atomic E-state index is 0.120. The Bertz CT molecular complexity index is 721. The maximum absolute atomic E-state index is 12.1. The van der Waals surface area contributed by atoms with E-state index < -0.39 is 11.9 Å². The molecular weight excluding hydrogens is 350 g/mol. The van der Waals surface area contributed by atoms with E-state index in [0.717, 1.165) is 17.5 Å². The average Bonchev–Trinajstić information content (AvgIpc) is 2.71. The first kappa shape index (κ1) is 23.4. The molecule has 4 heteroatoms. The van der Waals surface area contributed by atoms with E-state index in [9.17, 15) is 9.59 Å². The van der Waals surface area contributed by atoms with Gasteiger partial charge in [-0.2, -0.15) is 0 Å². The normalized spacial score (nSPS) is 11.1. The summed E-state index contributed by atoms with van der Waals surface area (Å²) >= 11 is 0. The van der Waals surface area contributed by atoms with Crippen molar-refractivity contribution in [1.82, 2.24) is 5.32 Å². The number of nitrogens with one attached hydrogen (secondary N) is 1. The number of hydrogen-bond donors (Lipinski definition) is 2. The maximum atomic E-state index is 12.1. The summed E-state index contributed by atoms with van der Waals surface area (Å²) in [6.07, 6.45) is 4.74. The van der Waals surface area contributed by atoms with Gasteiger partial charge in [-0.1, -0.05) is 76.9 Å². The fraction of sp³-hybridized carbons (Fsp3) is 0.417. The molecule has 2 aromatic carbocycles. The van der Waals surface area contributed by atoms with E-state index in [-0.39, 0.29) is 12.5 Å². The molecule has 1 unspecified atom stereocenters. The van der Waals surface area contributed by atoms with Crippen LogP contribution in [0.25, 0.3) is 11.1 Å². The maximum Gasteiger partial charge on any atom is 0.308 e. The molecule has 0 aliphatic rings. The van der Waals surface area contributed by atoms with Crippen molar-refractivity contribution in [1.29, 1.82) is 0 Å². The first-order chi connectivity index (χ1) is 13.4. The van der Waals surface area contributed by atoms with Crippen molar-refractivity contribution in [2.75, 3.05) is 6.54 Å². The van der Waals surface area contributed by atoms with Gasteiger partial charge in [0.1, 0.15) is 0 Å². The smallest absolute Gasteiger partial charge is 0.308 e. The predicted molar refractivity (Wildman–Crippen MR) is 116 cm³/mol. The lowest BCUT2D eigenvalue weighted by Gasteiger charge is -2.09. The number of aryl methyl sites for hydroxylation is 1. The van der Waals surface area contributed by atoms with Crippen LogP contribution in [-0.2, 0) is 11.2 Å². The molecule has 0 fully saturated rings. The monoisotopic (exact) mass is 383 g/mol. The van der Waals surface area contributed by atoms with Gasteiger partial charge >= 0.3 is 5.97 Å². The van der Waals surface area contributed by atoms with Gasteiger partial charge < -0.3 is 10.4 Å². The van der Waals surface area contributed by atoms with Crippen LogP contribution >= 0.6 is 0 Å². The minimum atomic E-state index is -0.918. The Balaban J connectivity index is 0.00000122. The standard InChI is InChI=1S/C21H25NO3.C3H8/c1-3-4-5-16-6-8-17(9-7-16)18-10-12-19(13-11-18)20(23)22-14-15(2)21(24)25;1-3-2/h6-13,15H,3-5,14H2,1-2H3,(H,22,23)(H,24,25);3H2,1-2H3. The summed E-state index contributed by atoms with van der Waals surface area (Å²) in [4.78, 5) is 22.8. The fourth-order valence-corrected chi connectivity index (χ4v) is 2.49. The van der Waals surface area contributed by atoms with Crippen molar-refractivity contribution in [2.24, 2.45) is 5.92 Å². The van der Waals surface area contributed by atoms with Crippen LogP contribution in [0.2, 0.25) is 0 Å². The van der Waals surface area contributed by atoms with Crippen LogP contribution in [0.15, 0.2) is 48.5 Å². The number of rotatable bonds is 8. The Kier molecular flexibility index (Phi) is 10.6. The molecule has 0 aromatic heterocycles. The number of amides is 1. The van der Waals surface area contributed by atoms with Gasteiger partial charge in [0.15, 0.2) is 0 Å². The number of unbranched alkanes of at least 4 members (excludes halogenated alkanes) is 1. The van der Waals surface area contributed by atoms with Gasteiger partial charge in [-0.15, -0.1) is 0 Å². The summed E-state index contributed by atoms with van der Waals surface area (Å²) in [7, 11) is 0.